The molecule has 0 radical (unpaired) electrons. The topological polar surface area (TPSA) is 41.0 Å². The highest BCUT2D eigenvalue weighted by molar-refractivity contribution is 5.89. The molecule has 0 aliphatic carbocycles. The Morgan fingerprint density at radius 1 is 0.971 bits per heavy atom. The summed E-state index contributed by atoms with van der Waals surface area (Å²) in [5, 5.41) is 1.35. The lowest BCUT2D eigenvalue weighted by molar-refractivity contribution is -0.126. The van der Waals surface area contributed by atoms with E-state index in [0.717, 1.165) is 64.4 Å². The molecular formula is C29H36N4O2. The monoisotopic (exact) mass is 472 g/mol. The maximum atomic E-state index is 12.3. The predicted molar refractivity (Wildman–Crippen MR) is 142 cm³/mol. The maximum absolute atomic E-state index is 12.3. The number of aromatic nitrogens is 1. The number of ether oxygens (including phenoxy) is 1. The Morgan fingerprint density at radius 3 is 2.51 bits per heavy atom. The van der Waals surface area contributed by atoms with Gasteiger partial charge in [-0.15, -0.1) is 0 Å². The second-order valence-corrected chi connectivity index (χ2v) is 9.52. The molecule has 0 unspecified atom stereocenters. The van der Waals surface area contributed by atoms with E-state index in [1.807, 2.05) is 17.0 Å². The fraction of sp³-hybridized carbons (Fsp3) is 0.414. The molecule has 1 fully saturated rings. The van der Waals surface area contributed by atoms with Crippen LogP contribution in [0.25, 0.3) is 10.9 Å². The smallest absolute Gasteiger partial charge is 0.246 e. The second kappa shape index (κ2) is 10.6. The molecule has 1 amide bonds. The van der Waals surface area contributed by atoms with E-state index in [-0.39, 0.29) is 5.91 Å². The van der Waals surface area contributed by atoms with Crippen LogP contribution in [0.15, 0.2) is 61.2 Å². The van der Waals surface area contributed by atoms with Gasteiger partial charge in [-0.3, -0.25) is 9.69 Å². The van der Waals surface area contributed by atoms with Gasteiger partial charge in [-0.05, 0) is 55.6 Å². The van der Waals surface area contributed by atoms with E-state index in [0.29, 0.717) is 6.54 Å². The number of nitrogens with zero attached hydrogens (tertiary/aromatic N) is 4. The van der Waals surface area contributed by atoms with Crippen LogP contribution in [-0.4, -0.2) is 66.7 Å². The first-order valence-electron chi connectivity index (χ1n) is 12.8. The first-order chi connectivity index (χ1) is 17.2. The highest BCUT2D eigenvalue weighted by Crippen LogP contribution is 2.32. The minimum atomic E-state index is 0.0275. The zero-order valence-corrected chi connectivity index (χ0v) is 20.8. The summed E-state index contributed by atoms with van der Waals surface area (Å²) in [6.45, 7) is 11.5. The Balaban J connectivity index is 1.18. The number of fused-ring (bicyclic) bond motifs is 3. The molecule has 0 saturated carbocycles. The van der Waals surface area contributed by atoms with Gasteiger partial charge < -0.3 is 19.1 Å². The molecule has 2 aromatic carbocycles. The van der Waals surface area contributed by atoms with Crippen LogP contribution in [0, 0.1) is 0 Å². The number of carbonyl (C=O) groups excluding carboxylic acids is 1. The number of piperazine rings is 1. The lowest BCUT2D eigenvalue weighted by atomic mass is 10.0. The Labute approximate surface area is 208 Å². The summed E-state index contributed by atoms with van der Waals surface area (Å²) in [4.78, 5) is 19.2. The molecule has 0 bridgehead atoms. The van der Waals surface area contributed by atoms with Gasteiger partial charge >= 0.3 is 0 Å². The Kier molecular flexibility index (Phi) is 7.09. The molecule has 6 nitrogen and oxygen atoms in total. The van der Waals surface area contributed by atoms with Crippen LogP contribution in [0.2, 0.25) is 0 Å². The van der Waals surface area contributed by atoms with Crippen LogP contribution in [0.4, 0.5) is 5.69 Å². The van der Waals surface area contributed by atoms with Crippen LogP contribution < -0.4 is 9.64 Å². The fourth-order valence-electron chi connectivity index (χ4n) is 5.68. The third kappa shape index (κ3) is 4.80. The van der Waals surface area contributed by atoms with E-state index < -0.39 is 0 Å². The largest absolute Gasteiger partial charge is 0.495 e. The summed E-state index contributed by atoms with van der Waals surface area (Å²) in [6, 6.07) is 17.0. The summed E-state index contributed by atoms with van der Waals surface area (Å²) < 4.78 is 8.02. The minimum absolute atomic E-state index is 0.0275. The van der Waals surface area contributed by atoms with E-state index in [1.54, 1.807) is 7.11 Å². The molecule has 1 saturated heterocycles. The van der Waals surface area contributed by atoms with Crippen molar-refractivity contribution in [3.63, 3.8) is 0 Å². The number of unbranched alkanes of at least 4 members (excludes halogenated alkanes) is 1. The first kappa shape index (κ1) is 23.5. The van der Waals surface area contributed by atoms with Crippen molar-refractivity contribution in [2.45, 2.75) is 32.4 Å². The highest BCUT2D eigenvalue weighted by Gasteiger charge is 2.25. The Hall–Kier alpha value is -3.25. The van der Waals surface area contributed by atoms with Gasteiger partial charge in [0, 0.05) is 55.9 Å². The van der Waals surface area contributed by atoms with E-state index in [2.05, 4.69) is 57.3 Å². The van der Waals surface area contributed by atoms with Gasteiger partial charge in [0.05, 0.1) is 19.3 Å². The number of methoxy groups -OCH3 is 1. The van der Waals surface area contributed by atoms with Crippen LogP contribution in [0.1, 0.15) is 24.1 Å². The molecule has 0 N–H and O–H groups in total. The highest BCUT2D eigenvalue weighted by atomic mass is 16.5. The first-order valence-corrected chi connectivity index (χ1v) is 12.8. The molecule has 6 heteroatoms. The number of carbonyl (C=O) groups is 1. The van der Waals surface area contributed by atoms with E-state index in [1.165, 1.54) is 40.3 Å². The second-order valence-electron chi connectivity index (χ2n) is 9.52. The number of anilines is 1. The maximum Gasteiger partial charge on any atom is 0.246 e. The van der Waals surface area contributed by atoms with Gasteiger partial charge in [0.2, 0.25) is 5.91 Å². The van der Waals surface area contributed by atoms with Crippen LogP contribution >= 0.6 is 0 Å². The van der Waals surface area contributed by atoms with Crippen molar-refractivity contribution in [1.29, 1.82) is 0 Å². The van der Waals surface area contributed by atoms with E-state index in [4.69, 9.17) is 4.74 Å². The summed E-state index contributed by atoms with van der Waals surface area (Å²) >= 11 is 0. The van der Waals surface area contributed by atoms with Crippen molar-refractivity contribution in [3.8, 4) is 5.75 Å². The molecule has 5 rings (SSSR count). The number of aryl methyl sites for hydroxylation is 1. The zero-order valence-electron chi connectivity index (χ0n) is 20.8. The lowest BCUT2D eigenvalue weighted by Crippen LogP contribution is -2.46. The average Bonchev–Trinajstić information content (AvgIpc) is 3.23. The number of benzene rings is 2. The molecule has 0 spiro atoms. The zero-order chi connectivity index (χ0) is 24.2. The van der Waals surface area contributed by atoms with Gasteiger partial charge in [0.25, 0.3) is 0 Å². The van der Waals surface area contributed by atoms with E-state index in [9.17, 15) is 4.79 Å². The number of hydrogen-bond acceptors (Lipinski definition) is 4. The van der Waals surface area contributed by atoms with Crippen molar-refractivity contribution < 1.29 is 9.53 Å². The molecule has 184 valence electrons. The van der Waals surface area contributed by atoms with Crippen molar-refractivity contribution in [3.05, 3.63) is 72.4 Å². The predicted octanol–water partition coefficient (Wildman–Crippen LogP) is 4.32. The molecule has 2 aliphatic heterocycles. The molecular weight excluding hydrogens is 436 g/mol. The standard InChI is InChI=1S/C29H36N4O2/c1-3-29(34)32-17-14-24-23-10-4-5-11-25(23)33(27(24)22-32)16-9-8-15-30-18-20-31(21-19-30)26-12-6-7-13-28(26)35-2/h3-7,10-13H,1,8-9,14-22H2,2H3. The van der Waals surface area contributed by atoms with Crippen molar-refractivity contribution in [2.24, 2.45) is 0 Å². The minimum Gasteiger partial charge on any atom is -0.495 e. The van der Waals surface area contributed by atoms with Crippen molar-refractivity contribution >= 4 is 22.5 Å². The van der Waals surface area contributed by atoms with Gasteiger partial charge in [-0.1, -0.05) is 36.9 Å². The molecule has 2 aliphatic rings. The van der Waals surface area contributed by atoms with Gasteiger partial charge in [-0.25, -0.2) is 0 Å². The molecule has 35 heavy (non-hydrogen) atoms. The van der Waals surface area contributed by atoms with Gasteiger partial charge in [-0.2, -0.15) is 0 Å². The normalized spacial score (nSPS) is 16.4. The quantitative estimate of drug-likeness (QED) is 0.362. The third-order valence-corrected chi connectivity index (χ3v) is 7.56. The molecule has 0 atom stereocenters. The van der Waals surface area contributed by atoms with Gasteiger partial charge in [0.15, 0.2) is 0 Å². The number of para-hydroxylation sites is 3. The summed E-state index contributed by atoms with van der Waals surface area (Å²) in [7, 11) is 1.75. The fourth-order valence-corrected chi connectivity index (χ4v) is 5.68. The Morgan fingerprint density at radius 2 is 1.71 bits per heavy atom. The van der Waals surface area contributed by atoms with Crippen molar-refractivity contribution in [1.82, 2.24) is 14.4 Å². The van der Waals surface area contributed by atoms with Crippen molar-refractivity contribution in [2.75, 3.05) is 51.3 Å². The summed E-state index contributed by atoms with van der Waals surface area (Å²) in [5.41, 5.74) is 5.22. The lowest BCUT2D eigenvalue weighted by Gasteiger charge is -2.36. The molecule has 3 aromatic rings. The number of amides is 1. The van der Waals surface area contributed by atoms with Crippen LogP contribution in [-0.2, 0) is 24.3 Å². The average molecular weight is 473 g/mol. The van der Waals surface area contributed by atoms with E-state index >= 15 is 0 Å². The Bertz CT molecular complexity index is 1190. The van der Waals surface area contributed by atoms with Crippen LogP contribution in [0.5, 0.6) is 5.75 Å². The summed E-state index contributed by atoms with van der Waals surface area (Å²) in [5.74, 6) is 0.983. The molecule has 1 aromatic heterocycles. The van der Waals surface area contributed by atoms with Gasteiger partial charge in [0.1, 0.15) is 5.75 Å². The number of rotatable bonds is 8. The summed E-state index contributed by atoms with van der Waals surface area (Å²) in [6.07, 6.45) is 4.66. The number of hydrogen-bond donors (Lipinski definition) is 0. The van der Waals surface area contributed by atoms with Crippen LogP contribution in [0.3, 0.4) is 0 Å². The molecule has 3 heterocycles. The SMILES string of the molecule is C=CC(=O)N1CCc2c(n(CCCCN3CCN(c4ccccc4OC)CC3)c3ccccc23)C1. The third-order valence-electron chi connectivity index (χ3n) is 7.56.